The largest absolute Gasteiger partial charge is 0.462 e. The van der Waals surface area contributed by atoms with Crippen molar-refractivity contribution in [3.8, 4) is 0 Å². The predicted octanol–water partition coefficient (Wildman–Crippen LogP) is 4.25. The summed E-state index contributed by atoms with van der Waals surface area (Å²) in [6.07, 6.45) is 6.52. The number of hydrogen-bond acceptors (Lipinski definition) is 2. The topological polar surface area (TPSA) is 26.3 Å². The van der Waals surface area contributed by atoms with E-state index in [0.29, 0.717) is 6.61 Å². The van der Waals surface area contributed by atoms with Gasteiger partial charge >= 0.3 is 5.97 Å². The summed E-state index contributed by atoms with van der Waals surface area (Å²) in [6, 6.07) is 0. The number of carbonyl (C=O) groups excluding carboxylic acids is 1. The molecule has 0 atom stereocenters. The fourth-order valence-corrected chi connectivity index (χ4v) is 1.57. The molecule has 0 fully saturated rings. The SMILES string of the molecule is CCCCCCC(C(=O)OCCC)=C(C)C. The van der Waals surface area contributed by atoms with Gasteiger partial charge in [0.1, 0.15) is 0 Å². The summed E-state index contributed by atoms with van der Waals surface area (Å²) in [7, 11) is 0. The second-order valence-corrected chi connectivity index (χ2v) is 4.43. The van der Waals surface area contributed by atoms with Crippen molar-refractivity contribution >= 4 is 5.97 Å². The standard InChI is InChI=1S/C14H26O2/c1-5-7-8-9-10-13(12(3)4)14(15)16-11-6-2/h5-11H2,1-4H3. The van der Waals surface area contributed by atoms with Gasteiger partial charge in [0.05, 0.1) is 6.61 Å². The summed E-state index contributed by atoms with van der Waals surface area (Å²) in [5.74, 6) is -0.113. The van der Waals surface area contributed by atoms with Crippen LogP contribution in [0.4, 0.5) is 0 Å². The molecule has 0 aromatic carbocycles. The van der Waals surface area contributed by atoms with Gasteiger partial charge in [0, 0.05) is 5.57 Å². The van der Waals surface area contributed by atoms with Gasteiger partial charge in [-0.25, -0.2) is 4.79 Å². The van der Waals surface area contributed by atoms with Crippen LogP contribution in [0.1, 0.15) is 66.2 Å². The Kier molecular flexibility index (Phi) is 8.97. The predicted molar refractivity (Wildman–Crippen MR) is 68.4 cm³/mol. The number of carbonyl (C=O) groups is 1. The smallest absolute Gasteiger partial charge is 0.333 e. The van der Waals surface area contributed by atoms with Gasteiger partial charge < -0.3 is 4.74 Å². The van der Waals surface area contributed by atoms with Crippen LogP contribution in [-0.4, -0.2) is 12.6 Å². The molecular formula is C14H26O2. The minimum Gasteiger partial charge on any atom is -0.462 e. The van der Waals surface area contributed by atoms with Crippen molar-refractivity contribution in [2.24, 2.45) is 0 Å². The molecule has 94 valence electrons. The van der Waals surface area contributed by atoms with Crippen molar-refractivity contribution in [3.63, 3.8) is 0 Å². The Bertz CT molecular complexity index is 225. The first-order valence-corrected chi connectivity index (χ1v) is 6.46. The van der Waals surface area contributed by atoms with Crippen LogP contribution in [0.2, 0.25) is 0 Å². The summed E-state index contributed by atoms with van der Waals surface area (Å²) in [5, 5.41) is 0. The third-order valence-electron chi connectivity index (χ3n) is 2.57. The molecule has 0 spiro atoms. The van der Waals surface area contributed by atoms with Crippen LogP contribution < -0.4 is 0 Å². The average Bonchev–Trinajstić information content (AvgIpc) is 2.25. The van der Waals surface area contributed by atoms with Crippen LogP contribution >= 0.6 is 0 Å². The number of rotatable bonds is 8. The van der Waals surface area contributed by atoms with E-state index in [1.807, 2.05) is 20.8 Å². The molecule has 0 aromatic rings. The molecule has 2 heteroatoms. The Morgan fingerprint density at radius 3 is 2.19 bits per heavy atom. The van der Waals surface area contributed by atoms with E-state index < -0.39 is 0 Å². The molecular weight excluding hydrogens is 200 g/mol. The Balaban J connectivity index is 4.09. The number of hydrogen-bond donors (Lipinski definition) is 0. The van der Waals surface area contributed by atoms with E-state index in [1.54, 1.807) is 0 Å². The second kappa shape index (κ2) is 9.44. The van der Waals surface area contributed by atoms with Crippen molar-refractivity contribution in [3.05, 3.63) is 11.1 Å². The zero-order chi connectivity index (χ0) is 12.4. The third kappa shape index (κ3) is 6.65. The van der Waals surface area contributed by atoms with E-state index in [2.05, 4.69) is 6.92 Å². The fourth-order valence-electron chi connectivity index (χ4n) is 1.57. The number of unbranched alkanes of at least 4 members (excludes halogenated alkanes) is 3. The van der Waals surface area contributed by atoms with Gasteiger partial charge in [-0.15, -0.1) is 0 Å². The number of ether oxygens (including phenoxy) is 1. The van der Waals surface area contributed by atoms with E-state index in [9.17, 15) is 4.79 Å². The lowest BCUT2D eigenvalue weighted by molar-refractivity contribution is -0.139. The highest BCUT2D eigenvalue weighted by Crippen LogP contribution is 2.15. The Morgan fingerprint density at radius 1 is 1.00 bits per heavy atom. The molecule has 0 bridgehead atoms. The van der Waals surface area contributed by atoms with Gasteiger partial charge in [-0.2, -0.15) is 0 Å². The highest BCUT2D eigenvalue weighted by Gasteiger charge is 2.11. The molecule has 0 saturated heterocycles. The van der Waals surface area contributed by atoms with Crippen molar-refractivity contribution in [1.82, 2.24) is 0 Å². The van der Waals surface area contributed by atoms with Crippen LogP contribution in [0.15, 0.2) is 11.1 Å². The molecule has 0 amide bonds. The van der Waals surface area contributed by atoms with E-state index in [1.165, 1.54) is 19.3 Å². The maximum Gasteiger partial charge on any atom is 0.333 e. The minimum atomic E-state index is -0.113. The van der Waals surface area contributed by atoms with Gasteiger partial charge in [0.15, 0.2) is 0 Å². The highest BCUT2D eigenvalue weighted by molar-refractivity contribution is 5.89. The normalized spacial score (nSPS) is 10.0. The number of allylic oxidation sites excluding steroid dienone is 1. The molecule has 0 unspecified atom stereocenters. The van der Waals surface area contributed by atoms with Crippen LogP contribution in [0.25, 0.3) is 0 Å². The van der Waals surface area contributed by atoms with E-state index in [0.717, 1.165) is 30.4 Å². The summed E-state index contributed by atoms with van der Waals surface area (Å²) >= 11 is 0. The summed E-state index contributed by atoms with van der Waals surface area (Å²) in [4.78, 5) is 11.7. The fraction of sp³-hybridized carbons (Fsp3) is 0.786. The molecule has 0 saturated carbocycles. The van der Waals surface area contributed by atoms with Crippen molar-refractivity contribution in [2.45, 2.75) is 66.2 Å². The quantitative estimate of drug-likeness (QED) is 0.351. The Labute approximate surface area is 100 Å². The molecule has 2 nitrogen and oxygen atoms in total. The lowest BCUT2D eigenvalue weighted by atomic mass is 10.0. The molecule has 0 rings (SSSR count). The summed E-state index contributed by atoms with van der Waals surface area (Å²) < 4.78 is 5.17. The van der Waals surface area contributed by atoms with Crippen LogP contribution in [-0.2, 0) is 9.53 Å². The van der Waals surface area contributed by atoms with Gasteiger partial charge in [0.25, 0.3) is 0 Å². The Hall–Kier alpha value is -0.790. The lowest BCUT2D eigenvalue weighted by Gasteiger charge is -2.09. The van der Waals surface area contributed by atoms with E-state index in [4.69, 9.17) is 4.74 Å². The van der Waals surface area contributed by atoms with Gasteiger partial charge in [-0.3, -0.25) is 0 Å². The van der Waals surface area contributed by atoms with Gasteiger partial charge in [-0.05, 0) is 33.1 Å². The molecule has 0 radical (unpaired) electrons. The number of esters is 1. The molecule has 0 aliphatic carbocycles. The zero-order valence-electron chi connectivity index (χ0n) is 11.3. The van der Waals surface area contributed by atoms with E-state index in [-0.39, 0.29) is 5.97 Å². The summed E-state index contributed by atoms with van der Waals surface area (Å²) in [6.45, 7) is 8.71. The van der Waals surface area contributed by atoms with Crippen LogP contribution in [0.3, 0.4) is 0 Å². The van der Waals surface area contributed by atoms with Crippen molar-refractivity contribution in [2.75, 3.05) is 6.61 Å². The minimum absolute atomic E-state index is 0.113. The molecule has 16 heavy (non-hydrogen) atoms. The van der Waals surface area contributed by atoms with E-state index >= 15 is 0 Å². The maximum atomic E-state index is 11.7. The van der Waals surface area contributed by atoms with Crippen LogP contribution in [0.5, 0.6) is 0 Å². The molecule has 0 N–H and O–H groups in total. The first-order valence-electron chi connectivity index (χ1n) is 6.46. The molecule has 0 aliphatic heterocycles. The second-order valence-electron chi connectivity index (χ2n) is 4.43. The first kappa shape index (κ1) is 15.2. The van der Waals surface area contributed by atoms with Crippen molar-refractivity contribution < 1.29 is 9.53 Å². The monoisotopic (exact) mass is 226 g/mol. The van der Waals surface area contributed by atoms with Gasteiger partial charge in [-0.1, -0.05) is 38.7 Å². The molecule has 0 aliphatic rings. The lowest BCUT2D eigenvalue weighted by Crippen LogP contribution is -2.10. The third-order valence-corrected chi connectivity index (χ3v) is 2.57. The maximum absolute atomic E-state index is 11.7. The first-order chi connectivity index (χ1) is 7.63. The van der Waals surface area contributed by atoms with Crippen molar-refractivity contribution in [1.29, 1.82) is 0 Å². The highest BCUT2D eigenvalue weighted by atomic mass is 16.5. The zero-order valence-corrected chi connectivity index (χ0v) is 11.3. The molecule has 0 aromatic heterocycles. The average molecular weight is 226 g/mol. The van der Waals surface area contributed by atoms with Crippen LogP contribution in [0, 0.1) is 0 Å². The Morgan fingerprint density at radius 2 is 1.69 bits per heavy atom. The summed E-state index contributed by atoms with van der Waals surface area (Å²) in [5.41, 5.74) is 1.97. The molecule has 0 heterocycles. The van der Waals surface area contributed by atoms with Gasteiger partial charge in [0.2, 0.25) is 0 Å².